The lowest BCUT2D eigenvalue weighted by molar-refractivity contribution is 0.180. The van der Waals surface area contributed by atoms with E-state index in [0.29, 0.717) is 6.04 Å². The van der Waals surface area contributed by atoms with Crippen LogP contribution in [0.5, 0.6) is 0 Å². The zero-order valence-electron chi connectivity index (χ0n) is 10.3. The van der Waals surface area contributed by atoms with Gasteiger partial charge in [-0.25, -0.2) is 0 Å². The van der Waals surface area contributed by atoms with Gasteiger partial charge in [-0.15, -0.1) is 0 Å². The molecule has 1 rings (SSSR count). The first kappa shape index (κ1) is 13.0. The maximum absolute atomic E-state index is 9.18. The molecule has 0 bridgehead atoms. The Morgan fingerprint density at radius 2 is 1.73 bits per heavy atom. The van der Waals surface area contributed by atoms with Gasteiger partial charge in [-0.2, -0.15) is 0 Å². The second-order valence-electron chi connectivity index (χ2n) is 5.13. The number of hydrogen-bond acceptors (Lipinski definition) is 2. The van der Waals surface area contributed by atoms with E-state index in [0.717, 1.165) is 18.9 Å². The molecule has 1 fully saturated rings. The fraction of sp³-hybridized carbons (Fsp3) is 1.00. The van der Waals surface area contributed by atoms with Crippen molar-refractivity contribution in [1.29, 1.82) is 0 Å². The van der Waals surface area contributed by atoms with Crippen molar-refractivity contribution in [3.8, 4) is 0 Å². The zero-order chi connectivity index (χ0) is 11.1. The maximum atomic E-state index is 9.18. The van der Waals surface area contributed by atoms with Gasteiger partial charge in [0.2, 0.25) is 0 Å². The predicted octanol–water partition coefficient (Wildman–Crippen LogP) is 2.71. The summed E-state index contributed by atoms with van der Waals surface area (Å²) in [6.45, 7) is 5.12. The molecule has 2 N–H and O–H groups in total. The lowest BCUT2D eigenvalue weighted by atomic mass is 9.93. The van der Waals surface area contributed by atoms with Gasteiger partial charge in [-0.3, -0.25) is 0 Å². The van der Waals surface area contributed by atoms with Crippen molar-refractivity contribution in [2.75, 3.05) is 6.54 Å². The van der Waals surface area contributed by atoms with Crippen molar-refractivity contribution in [1.82, 2.24) is 5.32 Å². The molecule has 0 aromatic carbocycles. The van der Waals surface area contributed by atoms with Crippen molar-refractivity contribution in [3.05, 3.63) is 0 Å². The van der Waals surface area contributed by atoms with E-state index in [9.17, 15) is 5.11 Å². The van der Waals surface area contributed by atoms with Crippen LogP contribution in [0.3, 0.4) is 0 Å². The van der Waals surface area contributed by atoms with Gasteiger partial charge in [0.1, 0.15) is 0 Å². The average Bonchev–Trinajstić information content (AvgIpc) is 2.44. The van der Waals surface area contributed by atoms with E-state index >= 15 is 0 Å². The third-order valence-electron chi connectivity index (χ3n) is 3.64. The summed E-state index contributed by atoms with van der Waals surface area (Å²) in [5.41, 5.74) is 0. The second kappa shape index (κ2) is 7.24. The SMILES string of the molecule is CC(O)CCN[C@@H](C)C1CCCCCC1. The van der Waals surface area contributed by atoms with Crippen LogP contribution < -0.4 is 5.32 Å². The molecule has 2 atom stereocenters. The fourth-order valence-electron chi connectivity index (χ4n) is 2.50. The Labute approximate surface area is 94.5 Å². The smallest absolute Gasteiger partial charge is 0.0524 e. The molecular formula is C13H27NO. The largest absolute Gasteiger partial charge is 0.393 e. The summed E-state index contributed by atoms with van der Waals surface area (Å²) in [5.74, 6) is 0.862. The highest BCUT2D eigenvalue weighted by Gasteiger charge is 2.18. The second-order valence-corrected chi connectivity index (χ2v) is 5.13. The molecule has 90 valence electrons. The highest BCUT2D eigenvalue weighted by atomic mass is 16.3. The van der Waals surface area contributed by atoms with Crippen LogP contribution in [0.15, 0.2) is 0 Å². The lowest BCUT2D eigenvalue weighted by Crippen LogP contribution is -2.35. The van der Waals surface area contributed by atoms with Gasteiger partial charge in [0.15, 0.2) is 0 Å². The third-order valence-corrected chi connectivity index (χ3v) is 3.64. The van der Waals surface area contributed by atoms with E-state index in [-0.39, 0.29) is 6.10 Å². The summed E-state index contributed by atoms with van der Waals surface area (Å²) in [7, 11) is 0. The highest BCUT2D eigenvalue weighted by molar-refractivity contribution is 4.75. The van der Waals surface area contributed by atoms with E-state index < -0.39 is 0 Å². The Morgan fingerprint density at radius 3 is 2.27 bits per heavy atom. The Balaban J connectivity index is 2.16. The van der Waals surface area contributed by atoms with E-state index in [1.807, 2.05) is 6.92 Å². The molecule has 2 nitrogen and oxygen atoms in total. The number of aliphatic hydroxyl groups excluding tert-OH is 1. The van der Waals surface area contributed by atoms with Gasteiger partial charge >= 0.3 is 0 Å². The number of nitrogens with one attached hydrogen (secondary N) is 1. The molecule has 0 saturated heterocycles. The maximum Gasteiger partial charge on any atom is 0.0524 e. The van der Waals surface area contributed by atoms with E-state index in [1.165, 1.54) is 38.5 Å². The molecule has 0 aliphatic heterocycles. The van der Waals surface area contributed by atoms with E-state index in [2.05, 4.69) is 12.2 Å². The van der Waals surface area contributed by atoms with Crippen LogP contribution >= 0.6 is 0 Å². The van der Waals surface area contributed by atoms with Crippen molar-refractivity contribution < 1.29 is 5.11 Å². The van der Waals surface area contributed by atoms with Crippen molar-refractivity contribution in [3.63, 3.8) is 0 Å². The normalized spacial score (nSPS) is 23.4. The molecule has 1 aliphatic carbocycles. The van der Waals surface area contributed by atoms with Gasteiger partial charge in [0.05, 0.1) is 6.10 Å². The standard InChI is InChI=1S/C13H27NO/c1-11(15)9-10-14-12(2)13-7-5-3-4-6-8-13/h11-15H,3-10H2,1-2H3/t11?,12-/m0/s1. The van der Waals surface area contributed by atoms with Crippen LogP contribution in [0.2, 0.25) is 0 Å². The molecular weight excluding hydrogens is 186 g/mol. The minimum Gasteiger partial charge on any atom is -0.393 e. The van der Waals surface area contributed by atoms with Gasteiger partial charge in [0, 0.05) is 6.04 Å². The first-order valence-corrected chi connectivity index (χ1v) is 6.61. The molecule has 0 spiro atoms. The summed E-state index contributed by atoms with van der Waals surface area (Å²) in [4.78, 5) is 0. The molecule has 2 heteroatoms. The summed E-state index contributed by atoms with van der Waals surface area (Å²) in [5, 5.41) is 12.7. The molecule has 0 aromatic rings. The van der Waals surface area contributed by atoms with Crippen molar-refractivity contribution in [2.45, 2.75) is 70.9 Å². The van der Waals surface area contributed by atoms with Gasteiger partial charge in [-0.05, 0) is 45.6 Å². The van der Waals surface area contributed by atoms with Gasteiger partial charge in [-0.1, -0.05) is 25.7 Å². The van der Waals surface area contributed by atoms with Crippen LogP contribution in [0.1, 0.15) is 58.8 Å². The van der Waals surface area contributed by atoms with E-state index in [4.69, 9.17) is 0 Å². The van der Waals surface area contributed by atoms with Crippen LogP contribution in [0.4, 0.5) is 0 Å². The van der Waals surface area contributed by atoms with Crippen molar-refractivity contribution in [2.24, 2.45) is 5.92 Å². The molecule has 0 heterocycles. The summed E-state index contributed by atoms with van der Waals surface area (Å²) >= 11 is 0. The Kier molecular flexibility index (Phi) is 6.26. The lowest BCUT2D eigenvalue weighted by Gasteiger charge is -2.23. The van der Waals surface area contributed by atoms with Crippen LogP contribution in [-0.2, 0) is 0 Å². The fourth-order valence-corrected chi connectivity index (χ4v) is 2.50. The minimum absolute atomic E-state index is 0.168. The summed E-state index contributed by atoms with van der Waals surface area (Å²) < 4.78 is 0. The molecule has 0 radical (unpaired) electrons. The quantitative estimate of drug-likeness (QED) is 0.688. The molecule has 1 saturated carbocycles. The Bertz CT molecular complexity index is 151. The number of rotatable bonds is 5. The van der Waals surface area contributed by atoms with Gasteiger partial charge < -0.3 is 10.4 Å². The zero-order valence-corrected chi connectivity index (χ0v) is 10.3. The molecule has 0 aromatic heterocycles. The molecule has 15 heavy (non-hydrogen) atoms. The Morgan fingerprint density at radius 1 is 1.13 bits per heavy atom. The number of aliphatic hydroxyl groups is 1. The minimum atomic E-state index is -0.168. The van der Waals surface area contributed by atoms with Crippen LogP contribution in [0, 0.1) is 5.92 Å². The molecule has 1 aliphatic rings. The highest BCUT2D eigenvalue weighted by Crippen LogP contribution is 2.25. The van der Waals surface area contributed by atoms with Gasteiger partial charge in [0.25, 0.3) is 0 Å². The average molecular weight is 213 g/mol. The molecule has 0 amide bonds. The monoisotopic (exact) mass is 213 g/mol. The third kappa shape index (κ3) is 5.53. The van der Waals surface area contributed by atoms with Crippen LogP contribution in [-0.4, -0.2) is 23.8 Å². The summed E-state index contributed by atoms with van der Waals surface area (Å²) in [6, 6.07) is 0.627. The first-order chi connectivity index (χ1) is 7.20. The predicted molar refractivity (Wildman–Crippen MR) is 65.0 cm³/mol. The van der Waals surface area contributed by atoms with Crippen LogP contribution in [0.25, 0.3) is 0 Å². The topological polar surface area (TPSA) is 32.3 Å². The van der Waals surface area contributed by atoms with E-state index in [1.54, 1.807) is 0 Å². The first-order valence-electron chi connectivity index (χ1n) is 6.61. The number of hydrogen-bond donors (Lipinski definition) is 2. The molecule has 1 unspecified atom stereocenters. The Hall–Kier alpha value is -0.0800. The van der Waals surface area contributed by atoms with Crippen molar-refractivity contribution >= 4 is 0 Å². The summed E-state index contributed by atoms with van der Waals surface area (Å²) in [6.07, 6.45) is 9.16.